The molecule has 33 heavy (non-hydrogen) atoms. The topological polar surface area (TPSA) is 77.1 Å². The largest absolute Gasteiger partial charge is 0.496 e. The molecule has 1 N–H and O–H groups in total. The van der Waals surface area contributed by atoms with Crippen LogP contribution >= 0.6 is 0 Å². The first-order valence-electron chi connectivity index (χ1n) is 10.9. The summed E-state index contributed by atoms with van der Waals surface area (Å²) in [6, 6.07) is 10.2. The summed E-state index contributed by atoms with van der Waals surface area (Å²) in [6.45, 7) is 6.22. The fourth-order valence-electron chi connectivity index (χ4n) is 3.22. The van der Waals surface area contributed by atoms with Crippen LogP contribution in [-0.2, 0) is 16.1 Å². The molecule has 7 nitrogen and oxygen atoms in total. The molecule has 0 radical (unpaired) electrons. The number of benzene rings is 2. The molecule has 0 spiro atoms. The van der Waals surface area contributed by atoms with Gasteiger partial charge in [-0.1, -0.05) is 32.9 Å². The van der Waals surface area contributed by atoms with E-state index in [1.165, 1.54) is 31.3 Å². The predicted octanol–water partition coefficient (Wildman–Crippen LogP) is 3.80. The number of nitrogens with zero attached hydrogens (tertiary/aromatic N) is 1. The number of ether oxygens (including phenoxy) is 3. The van der Waals surface area contributed by atoms with Crippen LogP contribution in [0.4, 0.5) is 4.39 Å². The van der Waals surface area contributed by atoms with Crippen molar-refractivity contribution in [2.45, 2.75) is 39.8 Å². The highest BCUT2D eigenvalue weighted by atomic mass is 19.1. The molecule has 0 aliphatic rings. The standard InChI is InChI=1S/C25H33FN2O5/c1-6-23(25(30)27-14-17(2)3)28(15-18-7-9-19(26)10-8-18)24(29)16-33-22-12-20(31-4)11-21(13-22)32-5/h7-13,17,23H,6,14-16H2,1-5H3,(H,27,30)/t23-/m1/s1. The number of methoxy groups -OCH3 is 2. The van der Waals surface area contributed by atoms with Gasteiger partial charge in [0, 0.05) is 31.3 Å². The Kier molecular flexibility index (Phi) is 9.97. The molecule has 2 amide bonds. The van der Waals surface area contributed by atoms with Gasteiger partial charge in [-0.05, 0) is 30.0 Å². The van der Waals surface area contributed by atoms with Crippen molar-refractivity contribution in [1.29, 1.82) is 0 Å². The summed E-state index contributed by atoms with van der Waals surface area (Å²) >= 11 is 0. The first-order valence-corrected chi connectivity index (χ1v) is 10.9. The smallest absolute Gasteiger partial charge is 0.261 e. The van der Waals surface area contributed by atoms with E-state index in [9.17, 15) is 14.0 Å². The maximum atomic E-state index is 13.4. The summed E-state index contributed by atoms with van der Waals surface area (Å²) in [7, 11) is 3.05. The quantitative estimate of drug-likeness (QED) is 0.521. The number of carbonyl (C=O) groups excluding carboxylic acids is 2. The van der Waals surface area contributed by atoms with Gasteiger partial charge < -0.3 is 24.4 Å². The van der Waals surface area contributed by atoms with Gasteiger partial charge in [-0.15, -0.1) is 0 Å². The zero-order chi connectivity index (χ0) is 24.4. The van der Waals surface area contributed by atoms with Gasteiger partial charge in [0.2, 0.25) is 5.91 Å². The SMILES string of the molecule is CC[C@H](C(=O)NCC(C)C)N(Cc1ccc(F)cc1)C(=O)COc1cc(OC)cc(OC)c1. The lowest BCUT2D eigenvalue weighted by Gasteiger charge is -2.30. The van der Waals surface area contributed by atoms with Crippen molar-refractivity contribution in [2.75, 3.05) is 27.4 Å². The maximum absolute atomic E-state index is 13.4. The Bertz CT molecular complexity index is 895. The van der Waals surface area contributed by atoms with Gasteiger partial charge in [-0.2, -0.15) is 0 Å². The van der Waals surface area contributed by atoms with Gasteiger partial charge in [0.1, 0.15) is 29.1 Å². The molecule has 1 atom stereocenters. The van der Waals surface area contributed by atoms with Gasteiger partial charge >= 0.3 is 0 Å². The molecule has 0 heterocycles. The van der Waals surface area contributed by atoms with Crippen molar-refractivity contribution in [2.24, 2.45) is 5.92 Å². The average molecular weight is 461 g/mol. The second kappa shape index (κ2) is 12.7. The van der Waals surface area contributed by atoms with E-state index in [0.29, 0.717) is 35.8 Å². The van der Waals surface area contributed by atoms with Gasteiger partial charge in [-0.3, -0.25) is 9.59 Å². The molecule has 0 aromatic heterocycles. The Balaban J connectivity index is 2.22. The van der Waals surface area contributed by atoms with Crippen LogP contribution in [0, 0.1) is 11.7 Å². The summed E-state index contributed by atoms with van der Waals surface area (Å²) in [6.07, 6.45) is 0.420. The van der Waals surface area contributed by atoms with Crippen LogP contribution in [0.1, 0.15) is 32.8 Å². The lowest BCUT2D eigenvalue weighted by molar-refractivity contribution is -0.143. The molecule has 0 saturated carbocycles. The minimum atomic E-state index is -0.690. The molecule has 0 saturated heterocycles. The lowest BCUT2D eigenvalue weighted by Crippen LogP contribution is -2.50. The number of nitrogens with one attached hydrogen (secondary N) is 1. The Hall–Kier alpha value is -3.29. The van der Waals surface area contributed by atoms with E-state index in [4.69, 9.17) is 14.2 Å². The summed E-state index contributed by atoms with van der Waals surface area (Å²) in [5.41, 5.74) is 0.711. The number of amides is 2. The van der Waals surface area contributed by atoms with Crippen LogP contribution in [0.5, 0.6) is 17.2 Å². The van der Waals surface area contributed by atoms with Crippen LogP contribution in [-0.4, -0.2) is 50.1 Å². The van der Waals surface area contributed by atoms with Crippen molar-refractivity contribution in [1.82, 2.24) is 10.2 Å². The van der Waals surface area contributed by atoms with E-state index < -0.39 is 6.04 Å². The van der Waals surface area contributed by atoms with E-state index in [2.05, 4.69) is 5.32 Å². The predicted molar refractivity (Wildman–Crippen MR) is 124 cm³/mol. The number of hydrogen-bond acceptors (Lipinski definition) is 5. The lowest BCUT2D eigenvalue weighted by atomic mass is 10.1. The number of carbonyl (C=O) groups is 2. The molecule has 180 valence electrons. The molecule has 0 bridgehead atoms. The van der Waals surface area contributed by atoms with Crippen LogP contribution < -0.4 is 19.5 Å². The highest BCUT2D eigenvalue weighted by Crippen LogP contribution is 2.27. The first kappa shape index (κ1) is 26.0. The summed E-state index contributed by atoms with van der Waals surface area (Å²) < 4.78 is 29.5. The van der Waals surface area contributed by atoms with Crippen molar-refractivity contribution in [3.8, 4) is 17.2 Å². The maximum Gasteiger partial charge on any atom is 0.261 e. The minimum absolute atomic E-state index is 0.150. The third kappa shape index (κ3) is 7.97. The molecule has 2 rings (SSSR count). The van der Waals surface area contributed by atoms with E-state index in [1.807, 2.05) is 20.8 Å². The van der Waals surface area contributed by atoms with Crippen LogP contribution in [0.2, 0.25) is 0 Å². The van der Waals surface area contributed by atoms with Crippen molar-refractivity contribution >= 4 is 11.8 Å². The molecule has 0 aliphatic heterocycles. The summed E-state index contributed by atoms with van der Waals surface area (Å²) in [5.74, 6) is 0.766. The van der Waals surface area contributed by atoms with Gasteiger partial charge in [0.05, 0.1) is 14.2 Å². The van der Waals surface area contributed by atoms with Crippen molar-refractivity contribution in [3.63, 3.8) is 0 Å². The van der Waals surface area contributed by atoms with E-state index in [0.717, 1.165) is 0 Å². The van der Waals surface area contributed by atoms with E-state index in [-0.39, 0.29) is 36.7 Å². The number of hydrogen-bond donors (Lipinski definition) is 1. The second-order valence-corrected chi connectivity index (χ2v) is 8.05. The third-order valence-electron chi connectivity index (χ3n) is 5.02. The fourth-order valence-corrected chi connectivity index (χ4v) is 3.22. The summed E-state index contributed by atoms with van der Waals surface area (Å²) in [5, 5.41) is 2.90. The molecular formula is C25H33FN2O5. The molecule has 2 aromatic rings. The third-order valence-corrected chi connectivity index (χ3v) is 5.02. The Labute approximate surface area is 194 Å². The van der Waals surface area contributed by atoms with Crippen LogP contribution in [0.15, 0.2) is 42.5 Å². The monoisotopic (exact) mass is 460 g/mol. The number of rotatable bonds is 12. The molecular weight excluding hydrogens is 427 g/mol. The van der Waals surface area contributed by atoms with E-state index >= 15 is 0 Å². The molecule has 0 fully saturated rings. The fraction of sp³-hybridized carbons (Fsp3) is 0.440. The molecule has 8 heteroatoms. The zero-order valence-electron chi connectivity index (χ0n) is 19.9. The number of halogens is 1. The Morgan fingerprint density at radius 1 is 1.00 bits per heavy atom. The highest BCUT2D eigenvalue weighted by Gasteiger charge is 2.29. The zero-order valence-corrected chi connectivity index (χ0v) is 19.9. The van der Waals surface area contributed by atoms with Crippen molar-refractivity contribution < 1.29 is 28.2 Å². The normalized spacial score (nSPS) is 11.6. The average Bonchev–Trinajstić information content (AvgIpc) is 2.81. The molecule has 0 aliphatic carbocycles. The minimum Gasteiger partial charge on any atom is -0.496 e. The van der Waals surface area contributed by atoms with Crippen LogP contribution in [0.3, 0.4) is 0 Å². The van der Waals surface area contributed by atoms with Gasteiger partial charge in [-0.25, -0.2) is 4.39 Å². The molecule has 2 aromatic carbocycles. The van der Waals surface area contributed by atoms with Gasteiger partial charge in [0.15, 0.2) is 6.61 Å². The molecule has 0 unspecified atom stereocenters. The van der Waals surface area contributed by atoms with Crippen LogP contribution in [0.25, 0.3) is 0 Å². The second-order valence-electron chi connectivity index (χ2n) is 8.05. The Morgan fingerprint density at radius 3 is 2.09 bits per heavy atom. The van der Waals surface area contributed by atoms with Crippen molar-refractivity contribution in [3.05, 3.63) is 53.8 Å². The summed E-state index contributed by atoms with van der Waals surface area (Å²) in [4.78, 5) is 27.6. The Morgan fingerprint density at radius 2 is 1.58 bits per heavy atom. The van der Waals surface area contributed by atoms with Gasteiger partial charge in [0.25, 0.3) is 5.91 Å². The van der Waals surface area contributed by atoms with E-state index in [1.54, 1.807) is 30.3 Å². The first-order chi connectivity index (χ1) is 15.8. The highest BCUT2D eigenvalue weighted by molar-refractivity contribution is 5.88.